The van der Waals surface area contributed by atoms with Gasteiger partial charge in [0.15, 0.2) is 0 Å². The molecular weight excluding hydrogens is 172 g/mol. The summed E-state index contributed by atoms with van der Waals surface area (Å²) in [5.74, 6) is 0.766. The minimum atomic E-state index is 0.556. The molecule has 1 fully saturated rings. The zero-order valence-corrected chi connectivity index (χ0v) is 10.00. The standard InChI is InChI=1S/C12H26N2/c1-10(2)12-7-5-4-6-8-14(12)11(3)9-13/h10-12H,4-9,13H2,1-3H3. The van der Waals surface area contributed by atoms with Crippen LogP contribution in [0.1, 0.15) is 46.5 Å². The third-order valence-electron chi connectivity index (χ3n) is 3.52. The fourth-order valence-corrected chi connectivity index (χ4v) is 2.56. The van der Waals surface area contributed by atoms with Crippen molar-refractivity contribution in [1.82, 2.24) is 4.90 Å². The van der Waals surface area contributed by atoms with E-state index < -0.39 is 0 Å². The van der Waals surface area contributed by atoms with Crippen LogP contribution in [0.4, 0.5) is 0 Å². The monoisotopic (exact) mass is 198 g/mol. The zero-order chi connectivity index (χ0) is 10.6. The van der Waals surface area contributed by atoms with Gasteiger partial charge < -0.3 is 5.73 Å². The van der Waals surface area contributed by atoms with Crippen LogP contribution in [0.3, 0.4) is 0 Å². The van der Waals surface area contributed by atoms with Crippen LogP contribution in [0, 0.1) is 5.92 Å². The average molecular weight is 198 g/mol. The first-order valence-electron chi connectivity index (χ1n) is 6.12. The molecule has 14 heavy (non-hydrogen) atoms. The quantitative estimate of drug-likeness (QED) is 0.753. The molecule has 1 saturated heterocycles. The normalized spacial score (nSPS) is 27.6. The third-order valence-corrected chi connectivity index (χ3v) is 3.52. The minimum absolute atomic E-state index is 0.556. The smallest absolute Gasteiger partial charge is 0.0193 e. The molecule has 0 bridgehead atoms. The maximum atomic E-state index is 5.77. The van der Waals surface area contributed by atoms with Gasteiger partial charge in [-0.15, -0.1) is 0 Å². The summed E-state index contributed by atoms with van der Waals surface area (Å²) >= 11 is 0. The summed E-state index contributed by atoms with van der Waals surface area (Å²) in [5.41, 5.74) is 5.77. The molecule has 1 aliphatic heterocycles. The number of nitrogens with zero attached hydrogens (tertiary/aromatic N) is 1. The van der Waals surface area contributed by atoms with Crippen molar-refractivity contribution in [2.45, 2.75) is 58.5 Å². The lowest BCUT2D eigenvalue weighted by Gasteiger charge is -2.37. The molecule has 2 N–H and O–H groups in total. The van der Waals surface area contributed by atoms with Crippen molar-refractivity contribution in [2.75, 3.05) is 13.1 Å². The van der Waals surface area contributed by atoms with E-state index in [4.69, 9.17) is 5.73 Å². The number of nitrogens with two attached hydrogens (primary N) is 1. The van der Waals surface area contributed by atoms with Gasteiger partial charge >= 0.3 is 0 Å². The van der Waals surface area contributed by atoms with Crippen molar-refractivity contribution in [2.24, 2.45) is 11.7 Å². The molecule has 84 valence electrons. The molecule has 0 aromatic rings. The Morgan fingerprint density at radius 3 is 2.50 bits per heavy atom. The Labute approximate surface area is 88.8 Å². The molecule has 1 aliphatic rings. The second-order valence-corrected chi connectivity index (χ2v) is 4.98. The van der Waals surface area contributed by atoms with Gasteiger partial charge in [-0.1, -0.05) is 26.7 Å². The van der Waals surface area contributed by atoms with Crippen LogP contribution in [0.25, 0.3) is 0 Å². The van der Waals surface area contributed by atoms with E-state index in [2.05, 4.69) is 25.7 Å². The second-order valence-electron chi connectivity index (χ2n) is 4.98. The van der Waals surface area contributed by atoms with Crippen molar-refractivity contribution in [3.63, 3.8) is 0 Å². The van der Waals surface area contributed by atoms with Crippen LogP contribution in [0.15, 0.2) is 0 Å². The Bertz CT molecular complexity index is 156. The van der Waals surface area contributed by atoms with E-state index in [0.717, 1.165) is 18.5 Å². The lowest BCUT2D eigenvalue weighted by Crippen LogP contribution is -2.47. The molecule has 0 aromatic carbocycles. The highest BCUT2D eigenvalue weighted by atomic mass is 15.2. The lowest BCUT2D eigenvalue weighted by molar-refractivity contribution is 0.116. The van der Waals surface area contributed by atoms with Gasteiger partial charge in [0.1, 0.15) is 0 Å². The van der Waals surface area contributed by atoms with E-state index in [9.17, 15) is 0 Å². The average Bonchev–Trinajstić information content (AvgIpc) is 2.41. The molecule has 2 atom stereocenters. The van der Waals surface area contributed by atoms with E-state index in [1.165, 1.54) is 32.2 Å². The summed E-state index contributed by atoms with van der Waals surface area (Å²) in [4.78, 5) is 2.64. The fourth-order valence-electron chi connectivity index (χ4n) is 2.56. The van der Waals surface area contributed by atoms with Gasteiger partial charge in [0, 0.05) is 18.6 Å². The predicted molar refractivity (Wildman–Crippen MR) is 62.3 cm³/mol. The highest BCUT2D eigenvalue weighted by Crippen LogP contribution is 2.24. The number of likely N-dealkylation sites (tertiary alicyclic amines) is 1. The Kier molecular flexibility index (Phi) is 4.90. The first kappa shape index (κ1) is 12.0. The van der Waals surface area contributed by atoms with Crippen LogP contribution >= 0.6 is 0 Å². The van der Waals surface area contributed by atoms with E-state index in [1.54, 1.807) is 0 Å². The summed E-state index contributed by atoms with van der Waals surface area (Å²) in [7, 11) is 0. The van der Waals surface area contributed by atoms with Crippen molar-refractivity contribution >= 4 is 0 Å². The topological polar surface area (TPSA) is 29.3 Å². The van der Waals surface area contributed by atoms with Gasteiger partial charge in [0.25, 0.3) is 0 Å². The van der Waals surface area contributed by atoms with Crippen LogP contribution in [-0.4, -0.2) is 30.1 Å². The maximum absolute atomic E-state index is 5.77. The molecule has 2 nitrogen and oxygen atoms in total. The molecule has 0 amide bonds. The van der Waals surface area contributed by atoms with E-state index in [1.807, 2.05) is 0 Å². The molecule has 0 radical (unpaired) electrons. The van der Waals surface area contributed by atoms with Crippen LogP contribution in [0.2, 0.25) is 0 Å². The number of hydrogen-bond donors (Lipinski definition) is 1. The molecule has 0 aromatic heterocycles. The Morgan fingerprint density at radius 2 is 1.93 bits per heavy atom. The summed E-state index contributed by atoms with van der Waals surface area (Å²) in [6, 6.07) is 1.32. The Balaban J connectivity index is 2.63. The van der Waals surface area contributed by atoms with Gasteiger partial charge in [-0.2, -0.15) is 0 Å². The van der Waals surface area contributed by atoms with E-state index in [0.29, 0.717) is 6.04 Å². The summed E-state index contributed by atoms with van der Waals surface area (Å²) in [6.45, 7) is 8.99. The molecular formula is C12H26N2. The summed E-state index contributed by atoms with van der Waals surface area (Å²) < 4.78 is 0. The Morgan fingerprint density at radius 1 is 1.21 bits per heavy atom. The van der Waals surface area contributed by atoms with Gasteiger partial charge in [0.05, 0.1) is 0 Å². The van der Waals surface area contributed by atoms with E-state index >= 15 is 0 Å². The SMILES string of the molecule is CC(C)C1CCCCCN1C(C)CN. The van der Waals surface area contributed by atoms with Crippen LogP contribution in [-0.2, 0) is 0 Å². The molecule has 0 aliphatic carbocycles. The van der Waals surface area contributed by atoms with Gasteiger partial charge in [-0.3, -0.25) is 4.90 Å². The minimum Gasteiger partial charge on any atom is -0.329 e. The molecule has 1 heterocycles. The van der Waals surface area contributed by atoms with Gasteiger partial charge in [-0.05, 0) is 32.2 Å². The van der Waals surface area contributed by atoms with Crippen molar-refractivity contribution in [3.05, 3.63) is 0 Å². The zero-order valence-electron chi connectivity index (χ0n) is 10.00. The summed E-state index contributed by atoms with van der Waals surface area (Å²) in [5, 5.41) is 0. The number of hydrogen-bond acceptors (Lipinski definition) is 2. The van der Waals surface area contributed by atoms with Crippen molar-refractivity contribution < 1.29 is 0 Å². The van der Waals surface area contributed by atoms with Crippen LogP contribution in [0.5, 0.6) is 0 Å². The van der Waals surface area contributed by atoms with E-state index in [-0.39, 0.29) is 0 Å². The van der Waals surface area contributed by atoms with Crippen molar-refractivity contribution in [1.29, 1.82) is 0 Å². The molecule has 2 unspecified atom stereocenters. The third kappa shape index (κ3) is 2.96. The maximum Gasteiger partial charge on any atom is 0.0193 e. The van der Waals surface area contributed by atoms with Crippen molar-refractivity contribution in [3.8, 4) is 0 Å². The largest absolute Gasteiger partial charge is 0.329 e. The van der Waals surface area contributed by atoms with Crippen LogP contribution < -0.4 is 5.73 Å². The molecule has 2 heteroatoms. The molecule has 1 rings (SSSR count). The number of rotatable bonds is 3. The summed E-state index contributed by atoms with van der Waals surface area (Å²) in [6.07, 6.45) is 5.52. The lowest BCUT2D eigenvalue weighted by atomic mass is 9.97. The molecule has 0 saturated carbocycles. The first-order chi connectivity index (χ1) is 6.66. The highest BCUT2D eigenvalue weighted by molar-refractivity contribution is 4.81. The fraction of sp³-hybridized carbons (Fsp3) is 1.00. The highest BCUT2D eigenvalue weighted by Gasteiger charge is 2.26. The van der Waals surface area contributed by atoms with Gasteiger partial charge in [-0.25, -0.2) is 0 Å². The predicted octanol–water partition coefficient (Wildman–Crippen LogP) is 2.23. The first-order valence-corrected chi connectivity index (χ1v) is 6.12. The second kappa shape index (κ2) is 5.72. The van der Waals surface area contributed by atoms with Gasteiger partial charge in [0.2, 0.25) is 0 Å². The molecule has 0 spiro atoms. The Hall–Kier alpha value is -0.0800.